The summed E-state index contributed by atoms with van der Waals surface area (Å²) in [6.07, 6.45) is 0. The Labute approximate surface area is 361 Å². The summed E-state index contributed by atoms with van der Waals surface area (Å²) in [5, 5.41) is 6.59. The molecule has 0 N–H and O–H groups in total. The van der Waals surface area contributed by atoms with E-state index in [0.29, 0.717) is 17.5 Å². The van der Waals surface area contributed by atoms with Crippen molar-refractivity contribution in [3.8, 4) is 56.7 Å². The number of fused-ring (bicyclic) bond motifs is 9. The molecule has 0 atom stereocenters. The van der Waals surface area contributed by atoms with E-state index in [1.807, 2.05) is 36.4 Å². The van der Waals surface area contributed by atoms with Crippen LogP contribution in [-0.4, -0.2) is 24.1 Å². The van der Waals surface area contributed by atoms with Crippen LogP contribution in [0.4, 0.5) is 0 Å². The Kier molecular flexibility index (Phi) is 7.80. The van der Waals surface area contributed by atoms with E-state index >= 15 is 0 Å². The lowest BCUT2D eigenvalue weighted by Crippen LogP contribution is -2.06. The second-order valence-electron chi connectivity index (χ2n) is 16.0. The average molecular weight is 806 g/mol. The molecule has 0 fully saturated rings. The number of aromatic nitrogens is 5. The smallest absolute Gasteiger partial charge is 0.166 e. The molecule has 0 aliphatic heterocycles. The maximum absolute atomic E-state index is 7.25. The molecule has 63 heavy (non-hydrogen) atoms. The highest BCUT2D eigenvalue weighted by molar-refractivity contribution is 6.20. The molecule has 4 heterocycles. The monoisotopic (exact) mass is 805 g/mol. The van der Waals surface area contributed by atoms with E-state index in [1.165, 1.54) is 0 Å². The van der Waals surface area contributed by atoms with Gasteiger partial charge in [-0.05, 0) is 53.6 Å². The molecule has 13 rings (SSSR count). The molecule has 6 heteroatoms. The summed E-state index contributed by atoms with van der Waals surface area (Å²) in [6.45, 7) is 0. The Balaban J connectivity index is 1.27. The fourth-order valence-electron chi connectivity index (χ4n) is 9.57. The van der Waals surface area contributed by atoms with Crippen molar-refractivity contribution in [2.75, 3.05) is 0 Å². The largest absolute Gasteiger partial charge is 0.454 e. The minimum atomic E-state index is 0.553. The quantitative estimate of drug-likeness (QED) is 0.168. The van der Waals surface area contributed by atoms with Crippen molar-refractivity contribution in [2.24, 2.45) is 0 Å². The van der Waals surface area contributed by atoms with Crippen molar-refractivity contribution in [2.45, 2.75) is 0 Å². The molecule has 0 aliphatic carbocycles. The summed E-state index contributed by atoms with van der Waals surface area (Å²) in [5.74, 6) is 1.74. The maximum atomic E-state index is 7.25. The normalized spacial score (nSPS) is 11.8. The van der Waals surface area contributed by atoms with E-state index in [2.05, 4.69) is 185 Å². The van der Waals surface area contributed by atoms with E-state index in [9.17, 15) is 0 Å². The highest BCUT2D eigenvalue weighted by atomic mass is 16.3. The van der Waals surface area contributed by atoms with Crippen molar-refractivity contribution in [3.63, 3.8) is 0 Å². The lowest BCUT2D eigenvalue weighted by atomic mass is 9.99. The molecular weight excluding hydrogens is 771 g/mol. The zero-order valence-electron chi connectivity index (χ0n) is 33.9. The van der Waals surface area contributed by atoms with Crippen molar-refractivity contribution in [3.05, 3.63) is 212 Å². The first-order valence-electron chi connectivity index (χ1n) is 21.2. The number of benzene rings is 9. The highest BCUT2D eigenvalue weighted by Gasteiger charge is 2.28. The summed E-state index contributed by atoms with van der Waals surface area (Å²) < 4.78 is 12.0. The van der Waals surface area contributed by atoms with Gasteiger partial charge in [0.25, 0.3) is 0 Å². The van der Waals surface area contributed by atoms with Gasteiger partial charge in [0.05, 0.1) is 38.8 Å². The molecule has 0 spiro atoms. The summed E-state index contributed by atoms with van der Waals surface area (Å²) in [6, 6.07) is 74.3. The highest BCUT2D eigenvalue weighted by Crippen LogP contribution is 2.47. The van der Waals surface area contributed by atoms with E-state index in [0.717, 1.165) is 105 Å². The van der Waals surface area contributed by atoms with Crippen LogP contribution in [0.1, 0.15) is 0 Å². The third-order valence-electron chi connectivity index (χ3n) is 12.4. The summed E-state index contributed by atoms with van der Waals surface area (Å²) >= 11 is 0. The number of furan rings is 1. The van der Waals surface area contributed by atoms with Crippen LogP contribution >= 0.6 is 0 Å². The second kappa shape index (κ2) is 14.0. The minimum Gasteiger partial charge on any atom is -0.454 e. The molecule has 0 bridgehead atoms. The van der Waals surface area contributed by atoms with Gasteiger partial charge in [-0.1, -0.05) is 170 Å². The SMILES string of the molecule is c1ccc(-c2ccc3oc4c(-n5c6ccccc6c6ccccc65)cc(-c5nc(-c6ccccc6)nc(-c6ccccc6)n5)c(-n5c6ccccc6c6ccccc65)c4c3c2)cc1. The second-order valence-corrected chi connectivity index (χ2v) is 16.0. The Morgan fingerprint density at radius 1 is 0.333 bits per heavy atom. The number of nitrogens with zero attached hydrogens (tertiary/aromatic N) is 5. The lowest BCUT2D eigenvalue weighted by Gasteiger charge is -2.19. The first-order valence-corrected chi connectivity index (χ1v) is 21.2. The first kappa shape index (κ1) is 35.2. The number of para-hydroxylation sites is 4. The van der Waals surface area contributed by atoms with Gasteiger partial charge < -0.3 is 13.6 Å². The molecule has 0 aliphatic rings. The van der Waals surface area contributed by atoms with Gasteiger partial charge in [-0.2, -0.15) is 0 Å². The number of rotatable bonds is 6. The molecule has 9 aromatic carbocycles. The fourth-order valence-corrected chi connectivity index (χ4v) is 9.57. The summed E-state index contributed by atoms with van der Waals surface area (Å²) in [5.41, 5.74) is 12.5. The number of hydrogen-bond acceptors (Lipinski definition) is 4. The predicted molar refractivity (Wildman–Crippen MR) is 258 cm³/mol. The summed E-state index contributed by atoms with van der Waals surface area (Å²) in [4.78, 5) is 16.0. The van der Waals surface area contributed by atoms with Gasteiger partial charge in [0.1, 0.15) is 5.58 Å². The van der Waals surface area contributed by atoms with Crippen LogP contribution in [0.5, 0.6) is 0 Å². The van der Waals surface area contributed by atoms with Crippen LogP contribution in [0, 0.1) is 0 Å². The molecule has 294 valence electrons. The van der Waals surface area contributed by atoms with E-state index in [1.54, 1.807) is 0 Å². The van der Waals surface area contributed by atoms with Crippen LogP contribution in [0.3, 0.4) is 0 Å². The van der Waals surface area contributed by atoms with Crippen LogP contribution in [-0.2, 0) is 0 Å². The fraction of sp³-hybridized carbons (Fsp3) is 0. The molecule has 0 radical (unpaired) electrons. The Bertz CT molecular complexity index is 3740. The predicted octanol–water partition coefficient (Wildman–Crippen LogP) is 14.6. The van der Waals surface area contributed by atoms with Crippen molar-refractivity contribution in [1.29, 1.82) is 0 Å². The lowest BCUT2D eigenvalue weighted by molar-refractivity contribution is 0.666. The van der Waals surface area contributed by atoms with Gasteiger partial charge in [0.2, 0.25) is 0 Å². The molecule has 0 amide bonds. The van der Waals surface area contributed by atoms with Gasteiger partial charge in [-0.15, -0.1) is 0 Å². The van der Waals surface area contributed by atoms with E-state index < -0.39 is 0 Å². The van der Waals surface area contributed by atoms with Gasteiger partial charge in [0, 0.05) is 43.6 Å². The summed E-state index contributed by atoms with van der Waals surface area (Å²) in [7, 11) is 0. The molecule has 0 saturated heterocycles. The molecule has 0 unspecified atom stereocenters. The Morgan fingerprint density at radius 3 is 1.27 bits per heavy atom. The first-order chi connectivity index (χ1) is 31.3. The van der Waals surface area contributed by atoms with Crippen molar-refractivity contribution in [1.82, 2.24) is 24.1 Å². The number of hydrogen-bond donors (Lipinski definition) is 0. The van der Waals surface area contributed by atoms with E-state index in [-0.39, 0.29) is 0 Å². The Hall–Kier alpha value is -8.61. The minimum absolute atomic E-state index is 0.553. The van der Waals surface area contributed by atoms with Crippen molar-refractivity contribution < 1.29 is 4.42 Å². The molecule has 6 nitrogen and oxygen atoms in total. The molecule has 4 aromatic heterocycles. The maximum Gasteiger partial charge on any atom is 0.166 e. The van der Waals surface area contributed by atoms with Gasteiger partial charge >= 0.3 is 0 Å². The average Bonchev–Trinajstić information content (AvgIpc) is 4.02. The van der Waals surface area contributed by atoms with Gasteiger partial charge in [-0.3, -0.25) is 0 Å². The van der Waals surface area contributed by atoms with Crippen molar-refractivity contribution >= 4 is 65.6 Å². The van der Waals surface area contributed by atoms with Gasteiger partial charge in [0.15, 0.2) is 23.1 Å². The molecule has 0 saturated carbocycles. The zero-order chi connectivity index (χ0) is 41.4. The molecular formula is C57H35N5O. The standard InChI is InChI=1S/C57H35N5O/c1-4-18-36(19-5-1)39-32-33-51-44(34-39)52-53(62-48-30-16-12-26-42(48)43-27-13-17-31-49(43)62)45(57-59-55(37-20-6-2-7-21-37)58-56(60-57)38-22-8-3-9-23-38)35-50(54(52)63-51)61-46-28-14-10-24-40(46)41-25-11-15-29-47(41)61/h1-35H. The third kappa shape index (κ3) is 5.48. The van der Waals surface area contributed by atoms with Crippen LogP contribution in [0.15, 0.2) is 217 Å². The zero-order valence-corrected chi connectivity index (χ0v) is 33.9. The Morgan fingerprint density at radius 2 is 0.762 bits per heavy atom. The van der Waals surface area contributed by atoms with Crippen LogP contribution < -0.4 is 0 Å². The third-order valence-corrected chi connectivity index (χ3v) is 12.4. The molecule has 13 aromatic rings. The van der Waals surface area contributed by atoms with Gasteiger partial charge in [-0.25, -0.2) is 15.0 Å². The van der Waals surface area contributed by atoms with Crippen LogP contribution in [0.25, 0.3) is 122 Å². The topological polar surface area (TPSA) is 61.7 Å². The van der Waals surface area contributed by atoms with Crippen LogP contribution in [0.2, 0.25) is 0 Å². The van der Waals surface area contributed by atoms with E-state index in [4.69, 9.17) is 19.4 Å².